The molecule has 0 aliphatic rings. The van der Waals surface area contributed by atoms with Crippen molar-refractivity contribution in [1.82, 2.24) is 9.36 Å². The maximum atomic E-state index is 12.8. The van der Waals surface area contributed by atoms with Gasteiger partial charge in [0.2, 0.25) is 0 Å². The number of aromatic nitrogens is 2. The van der Waals surface area contributed by atoms with Gasteiger partial charge in [0.15, 0.2) is 0 Å². The van der Waals surface area contributed by atoms with E-state index in [1.807, 2.05) is 30.3 Å². The fraction of sp³-hybridized carbons (Fsp3) is 0.150. The quantitative estimate of drug-likeness (QED) is 0.681. The van der Waals surface area contributed by atoms with Crippen LogP contribution >= 0.6 is 0 Å². The number of methoxy groups -OCH3 is 1. The number of hydrogen-bond acceptors (Lipinski definition) is 4. The van der Waals surface area contributed by atoms with Gasteiger partial charge >= 0.3 is 12.0 Å². The van der Waals surface area contributed by atoms with Gasteiger partial charge in [-0.3, -0.25) is 9.48 Å². The van der Waals surface area contributed by atoms with E-state index in [0.29, 0.717) is 22.6 Å². The van der Waals surface area contributed by atoms with Gasteiger partial charge in [0.1, 0.15) is 5.69 Å². The molecule has 2 amide bonds. The summed E-state index contributed by atoms with van der Waals surface area (Å²) < 4.78 is 7.80. The van der Waals surface area contributed by atoms with Crippen molar-refractivity contribution in [3.63, 3.8) is 0 Å². The van der Waals surface area contributed by atoms with Crippen LogP contribution in [0, 0.1) is 6.92 Å². The second-order valence-corrected chi connectivity index (χ2v) is 6.08. The smallest absolute Gasteiger partial charge is 0.337 e. The van der Waals surface area contributed by atoms with Gasteiger partial charge in [0.25, 0.3) is 5.56 Å². The van der Waals surface area contributed by atoms with E-state index in [0.717, 1.165) is 0 Å². The van der Waals surface area contributed by atoms with E-state index >= 15 is 0 Å². The van der Waals surface area contributed by atoms with Crippen LogP contribution in [0.25, 0.3) is 5.69 Å². The Bertz CT molecular complexity index is 1070. The molecule has 2 N–H and O–H groups in total. The molecule has 1 aromatic heterocycles. The molecule has 0 aliphatic heterocycles. The summed E-state index contributed by atoms with van der Waals surface area (Å²) in [6.45, 7) is 1.75. The first-order valence-corrected chi connectivity index (χ1v) is 8.52. The van der Waals surface area contributed by atoms with Crippen molar-refractivity contribution in [1.29, 1.82) is 0 Å². The molecule has 8 heteroatoms. The van der Waals surface area contributed by atoms with E-state index in [4.69, 9.17) is 0 Å². The normalized spacial score (nSPS) is 10.4. The van der Waals surface area contributed by atoms with Gasteiger partial charge in [-0.15, -0.1) is 0 Å². The molecule has 0 radical (unpaired) electrons. The molecule has 28 heavy (non-hydrogen) atoms. The first-order valence-electron chi connectivity index (χ1n) is 8.52. The lowest BCUT2D eigenvalue weighted by Crippen LogP contribution is -2.25. The third kappa shape index (κ3) is 3.66. The summed E-state index contributed by atoms with van der Waals surface area (Å²) >= 11 is 0. The Labute approximate surface area is 161 Å². The number of amides is 2. The first-order chi connectivity index (χ1) is 13.4. The molecule has 8 nitrogen and oxygen atoms in total. The van der Waals surface area contributed by atoms with Crippen LogP contribution in [0.15, 0.2) is 59.4 Å². The Hall–Kier alpha value is -3.81. The molecule has 2 aromatic carbocycles. The van der Waals surface area contributed by atoms with Crippen LogP contribution in [0.2, 0.25) is 0 Å². The monoisotopic (exact) mass is 380 g/mol. The van der Waals surface area contributed by atoms with Gasteiger partial charge in [-0.05, 0) is 43.3 Å². The number of ether oxygens (including phenoxy) is 1. The third-order valence-electron chi connectivity index (χ3n) is 4.36. The van der Waals surface area contributed by atoms with Crippen molar-refractivity contribution in [3.05, 3.63) is 76.2 Å². The minimum absolute atomic E-state index is 0.190. The summed E-state index contributed by atoms with van der Waals surface area (Å²) in [4.78, 5) is 36.6. The Morgan fingerprint density at radius 2 is 1.61 bits per heavy atom. The Morgan fingerprint density at radius 1 is 0.964 bits per heavy atom. The van der Waals surface area contributed by atoms with E-state index in [-0.39, 0.29) is 11.2 Å². The zero-order chi connectivity index (χ0) is 20.3. The van der Waals surface area contributed by atoms with E-state index < -0.39 is 12.0 Å². The average Bonchev–Trinajstić information content (AvgIpc) is 2.92. The SMILES string of the molecule is COC(=O)c1ccc(NC(=O)Nc2c(C)n(C)n(-c3ccccc3)c2=O)cc1. The molecule has 0 atom stereocenters. The largest absolute Gasteiger partial charge is 0.465 e. The molecule has 0 unspecified atom stereocenters. The fourth-order valence-corrected chi connectivity index (χ4v) is 2.80. The number of nitrogens with zero attached hydrogens (tertiary/aromatic N) is 2. The van der Waals surface area contributed by atoms with Crippen molar-refractivity contribution < 1.29 is 14.3 Å². The molecule has 0 spiro atoms. The van der Waals surface area contributed by atoms with Crippen LogP contribution < -0.4 is 16.2 Å². The summed E-state index contributed by atoms with van der Waals surface area (Å²) in [6.07, 6.45) is 0. The predicted octanol–water partition coefficient (Wildman–Crippen LogP) is 2.92. The number of para-hydroxylation sites is 1. The van der Waals surface area contributed by atoms with Gasteiger partial charge in [-0.25, -0.2) is 14.3 Å². The van der Waals surface area contributed by atoms with Crippen LogP contribution in [0.1, 0.15) is 16.1 Å². The van der Waals surface area contributed by atoms with E-state index in [1.165, 1.54) is 23.9 Å². The molecule has 0 bridgehead atoms. The highest BCUT2D eigenvalue weighted by atomic mass is 16.5. The highest BCUT2D eigenvalue weighted by Crippen LogP contribution is 2.15. The van der Waals surface area contributed by atoms with Crippen LogP contribution in [-0.4, -0.2) is 28.5 Å². The van der Waals surface area contributed by atoms with Crippen LogP contribution in [-0.2, 0) is 11.8 Å². The van der Waals surface area contributed by atoms with Crippen LogP contribution in [0.4, 0.5) is 16.2 Å². The highest BCUT2D eigenvalue weighted by Gasteiger charge is 2.18. The van der Waals surface area contributed by atoms with Crippen molar-refractivity contribution in [3.8, 4) is 5.69 Å². The predicted molar refractivity (Wildman–Crippen MR) is 106 cm³/mol. The number of carbonyl (C=O) groups is 2. The fourth-order valence-electron chi connectivity index (χ4n) is 2.80. The molecule has 0 saturated heterocycles. The Balaban J connectivity index is 1.80. The molecule has 0 fully saturated rings. The van der Waals surface area contributed by atoms with Crippen molar-refractivity contribution in [2.45, 2.75) is 6.92 Å². The first kappa shape index (κ1) is 19.0. The molecular formula is C20H20N4O4. The number of anilines is 2. The number of esters is 1. The van der Waals surface area contributed by atoms with Crippen molar-refractivity contribution in [2.24, 2.45) is 7.05 Å². The average molecular weight is 380 g/mol. The molecule has 0 aliphatic carbocycles. The lowest BCUT2D eigenvalue weighted by Gasteiger charge is -2.07. The van der Waals surface area contributed by atoms with Gasteiger partial charge in [0.05, 0.1) is 24.1 Å². The summed E-state index contributed by atoms with van der Waals surface area (Å²) in [5, 5.41) is 5.25. The molecular weight excluding hydrogens is 360 g/mol. The number of urea groups is 1. The maximum Gasteiger partial charge on any atom is 0.337 e. The number of hydrogen-bond donors (Lipinski definition) is 2. The summed E-state index contributed by atoms with van der Waals surface area (Å²) in [5.41, 5.74) is 2.02. The Morgan fingerprint density at radius 3 is 2.21 bits per heavy atom. The summed E-state index contributed by atoms with van der Waals surface area (Å²) in [5.74, 6) is -0.461. The minimum atomic E-state index is -0.558. The summed E-state index contributed by atoms with van der Waals surface area (Å²) in [6, 6.07) is 14.8. The van der Waals surface area contributed by atoms with E-state index in [2.05, 4.69) is 15.4 Å². The number of nitrogens with one attached hydrogen (secondary N) is 2. The summed E-state index contributed by atoms with van der Waals surface area (Å²) in [7, 11) is 3.05. The molecule has 3 rings (SSSR count). The van der Waals surface area contributed by atoms with Crippen molar-refractivity contribution >= 4 is 23.4 Å². The maximum absolute atomic E-state index is 12.8. The van der Waals surface area contributed by atoms with Crippen LogP contribution in [0.5, 0.6) is 0 Å². The standard InChI is InChI=1S/C20H20N4O4/c1-13-17(18(25)24(23(13)2)16-7-5-4-6-8-16)22-20(27)21-15-11-9-14(10-12-15)19(26)28-3/h4-12H,1-3H3,(H2,21,22,27). The molecule has 0 saturated carbocycles. The highest BCUT2D eigenvalue weighted by molar-refractivity contribution is 6.00. The van der Waals surface area contributed by atoms with Gasteiger partial charge in [0, 0.05) is 12.7 Å². The Kier molecular flexibility index (Phi) is 5.30. The minimum Gasteiger partial charge on any atom is -0.465 e. The zero-order valence-electron chi connectivity index (χ0n) is 15.7. The molecule has 1 heterocycles. The van der Waals surface area contributed by atoms with E-state index in [9.17, 15) is 14.4 Å². The zero-order valence-corrected chi connectivity index (χ0v) is 15.7. The van der Waals surface area contributed by atoms with Gasteiger partial charge in [-0.2, -0.15) is 0 Å². The molecule has 144 valence electrons. The number of rotatable bonds is 4. The van der Waals surface area contributed by atoms with Gasteiger partial charge < -0.3 is 15.4 Å². The van der Waals surface area contributed by atoms with Crippen LogP contribution in [0.3, 0.4) is 0 Å². The van der Waals surface area contributed by atoms with Gasteiger partial charge in [-0.1, -0.05) is 18.2 Å². The lowest BCUT2D eigenvalue weighted by atomic mass is 10.2. The number of benzene rings is 2. The second kappa shape index (κ2) is 7.83. The molecule has 3 aromatic rings. The number of carbonyl (C=O) groups excluding carboxylic acids is 2. The second-order valence-electron chi connectivity index (χ2n) is 6.08. The van der Waals surface area contributed by atoms with Crippen molar-refractivity contribution in [2.75, 3.05) is 17.7 Å². The third-order valence-corrected chi connectivity index (χ3v) is 4.36. The topological polar surface area (TPSA) is 94.4 Å². The van der Waals surface area contributed by atoms with E-state index in [1.54, 1.807) is 30.8 Å². The lowest BCUT2D eigenvalue weighted by molar-refractivity contribution is 0.0600.